The van der Waals surface area contributed by atoms with Gasteiger partial charge < -0.3 is 14.7 Å². The maximum atomic E-state index is 11.6. The number of hydrogen-bond donors (Lipinski definition) is 1. The Balaban J connectivity index is 1.53. The molecule has 132 valence electrons. The molecule has 1 aromatic rings. The number of nitrogens with zero attached hydrogens (tertiary/aromatic N) is 1. The molecule has 1 N–H and O–H groups in total. The van der Waals surface area contributed by atoms with Crippen molar-refractivity contribution in [1.82, 2.24) is 4.90 Å². The molecule has 0 aromatic heterocycles. The van der Waals surface area contributed by atoms with Crippen molar-refractivity contribution in [2.75, 3.05) is 26.2 Å². The summed E-state index contributed by atoms with van der Waals surface area (Å²) in [4.78, 5) is 2.49. The maximum Gasteiger partial charge on any atom is 0.117 e. The molecule has 0 amide bonds. The van der Waals surface area contributed by atoms with E-state index in [-0.39, 0.29) is 12.0 Å². The second-order valence-electron chi connectivity index (χ2n) is 7.87. The van der Waals surface area contributed by atoms with Crippen molar-refractivity contribution in [3.8, 4) is 0 Å². The molecule has 2 atom stereocenters. The van der Waals surface area contributed by atoms with E-state index in [1.165, 1.54) is 38.8 Å². The average molecular weight is 350 g/mol. The lowest BCUT2D eigenvalue weighted by Gasteiger charge is -2.46. The molecular formula is C20H28ClNO2. The average Bonchev–Trinajstić information content (AvgIpc) is 3.16. The number of hydrogen-bond acceptors (Lipinski definition) is 3. The Kier molecular flexibility index (Phi) is 4.88. The number of fused-ring (bicyclic) bond motifs is 3. The maximum absolute atomic E-state index is 11.6. The van der Waals surface area contributed by atoms with Gasteiger partial charge in [-0.3, -0.25) is 0 Å². The fraction of sp³-hybridized carbons (Fsp3) is 0.700. The van der Waals surface area contributed by atoms with Gasteiger partial charge in [-0.1, -0.05) is 42.6 Å². The van der Waals surface area contributed by atoms with Gasteiger partial charge in [-0.25, -0.2) is 0 Å². The molecule has 1 aliphatic carbocycles. The third-order valence-electron chi connectivity index (χ3n) is 6.48. The van der Waals surface area contributed by atoms with Gasteiger partial charge in [0.25, 0.3) is 0 Å². The van der Waals surface area contributed by atoms with Crippen molar-refractivity contribution < 1.29 is 9.84 Å². The lowest BCUT2D eigenvalue weighted by Crippen LogP contribution is -2.53. The first-order valence-electron chi connectivity index (χ1n) is 9.48. The van der Waals surface area contributed by atoms with Gasteiger partial charge in [0.2, 0.25) is 0 Å². The first-order chi connectivity index (χ1) is 11.7. The van der Waals surface area contributed by atoms with Crippen LogP contribution in [-0.4, -0.2) is 42.4 Å². The summed E-state index contributed by atoms with van der Waals surface area (Å²) < 4.78 is 6.35. The molecule has 0 radical (unpaired) electrons. The molecule has 4 aliphatic rings. The fourth-order valence-electron chi connectivity index (χ4n) is 4.96. The van der Waals surface area contributed by atoms with Crippen molar-refractivity contribution in [2.45, 2.75) is 50.2 Å². The normalized spacial score (nSPS) is 32.8. The molecule has 1 saturated carbocycles. The van der Waals surface area contributed by atoms with Gasteiger partial charge in [-0.15, -0.1) is 0 Å². The topological polar surface area (TPSA) is 32.7 Å². The van der Waals surface area contributed by atoms with Crippen LogP contribution in [0.1, 0.15) is 44.1 Å². The van der Waals surface area contributed by atoms with Crippen LogP contribution in [0.25, 0.3) is 0 Å². The highest BCUT2D eigenvalue weighted by Crippen LogP contribution is 2.43. The summed E-state index contributed by atoms with van der Waals surface area (Å²) in [6, 6.07) is 7.75. The van der Waals surface area contributed by atoms with Gasteiger partial charge in [0.05, 0.1) is 12.7 Å². The van der Waals surface area contributed by atoms with E-state index >= 15 is 0 Å². The SMILES string of the molecule is O[C@@](COC1CN2CCC1CC2)(c1ccccc1Cl)C1CCCC1. The van der Waals surface area contributed by atoms with E-state index < -0.39 is 5.60 Å². The summed E-state index contributed by atoms with van der Waals surface area (Å²) in [6.07, 6.45) is 7.24. The van der Waals surface area contributed by atoms with E-state index in [1.807, 2.05) is 24.3 Å². The predicted octanol–water partition coefficient (Wildman–Crippen LogP) is 3.83. The highest BCUT2D eigenvalue weighted by Gasteiger charge is 2.43. The van der Waals surface area contributed by atoms with Gasteiger partial charge in [0.15, 0.2) is 0 Å². The van der Waals surface area contributed by atoms with Gasteiger partial charge in [0, 0.05) is 17.1 Å². The van der Waals surface area contributed by atoms with Crippen LogP contribution >= 0.6 is 11.6 Å². The standard InChI is InChI=1S/C20H28ClNO2/c21-18-8-4-3-7-17(18)20(23,16-5-1-2-6-16)14-24-19-13-22-11-9-15(19)10-12-22/h3-4,7-8,15-16,19,23H,1-2,5-6,9-14H2/t19?,20-/m1/s1. The minimum atomic E-state index is -0.957. The number of ether oxygens (including phenoxy) is 1. The van der Waals surface area contributed by atoms with E-state index in [1.54, 1.807) is 0 Å². The third-order valence-corrected chi connectivity index (χ3v) is 6.81. The van der Waals surface area contributed by atoms with Gasteiger partial charge >= 0.3 is 0 Å². The molecular weight excluding hydrogens is 322 g/mol. The van der Waals surface area contributed by atoms with Crippen molar-refractivity contribution in [3.05, 3.63) is 34.9 Å². The highest BCUT2D eigenvalue weighted by atomic mass is 35.5. The highest BCUT2D eigenvalue weighted by molar-refractivity contribution is 6.31. The van der Waals surface area contributed by atoms with Gasteiger partial charge in [-0.05, 0) is 56.7 Å². The summed E-state index contributed by atoms with van der Waals surface area (Å²) in [5.41, 5.74) is -0.110. The molecule has 4 fully saturated rings. The molecule has 3 saturated heterocycles. The van der Waals surface area contributed by atoms with Crippen molar-refractivity contribution in [1.29, 1.82) is 0 Å². The van der Waals surface area contributed by atoms with Crippen molar-refractivity contribution in [2.24, 2.45) is 11.8 Å². The van der Waals surface area contributed by atoms with E-state index in [2.05, 4.69) is 4.90 Å². The number of benzene rings is 1. The molecule has 3 heterocycles. The Hall–Kier alpha value is -0.610. The van der Waals surface area contributed by atoms with E-state index in [4.69, 9.17) is 16.3 Å². The number of halogens is 1. The number of rotatable bonds is 5. The van der Waals surface area contributed by atoms with Crippen LogP contribution in [0.4, 0.5) is 0 Å². The Bertz CT molecular complexity index is 567. The smallest absolute Gasteiger partial charge is 0.117 e. The lowest BCUT2D eigenvalue weighted by molar-refractivity contribution is -0.143. The first-order valence-corrected chi connectivity index (χ1v) is 9.86. The minimum Gasteiger partial charge on any atom is -0.382 e. The molecule has 3 aliphatic heterocycles. The largest absolute Gasteiger partial charge is 0.382 e. The fourth-order valence-corrected chi connectivity index (χ4v) is 5.26. The molecule has 0 spiro atoms. The van der Waals surface area contributed by atoms with Crippen LogP contribution < -0.4 is 0 Å². The molecule has 3 nitrogen and oxygen atoms in total. The Morgan fingerprint density at radius 3 is 2.46 bits per heavy atom. The summed E-state index contributed by atoms with van der Waals surface area (Å²) >= 11 is 6.45. The predicted molar refractivity (Wildman–Crippen MR) is 96.2 cm³/mol. The monoisotopic (exact) mass is 349 g/mol. The zero-order chi connectivity index (χ0) is 16.6. The van der Waals surface area contributed by atoms with Crippen LogP contribution in [0.3, 0.4) is 0 Å². The summed E-state index contributed by atoms with van der Waals surface area (Å²) in [5, 5.41) is 12.3. The van der Waals surface area contributed by atoms with Gasteiger partial charge in [-0.2, -0.15) is 0 Å². The van der Waals surface area contributed by atoms with Crippen LogP contribution in [0.2, 0.25) is 5.02 Å². The zero-order valence-electron chi connectivity index (χ0n) is 14.3. The summed E-state index contributed by atoms with van der Waals surface area (Å²) in [7, 11) is 0. The second-order valence-corrected chi connectivity index (χ2v) is 8.28. The summed E-state index contributed by atoms with van der Waals surface area (Å²) in [5.74, 6) is 0.910. The molecule has 1 unspecified atom stereocenters. The Morgan fingerprint density at radius 1 is 1.12 bits per heavy atom. The lowest BCUT2D eigenvalue weighted by atomic mass is 9.80. The van der Waals surface area contributed by atoms with E-state index in [9.17, 15) is 5.11 Å². The molecule has 4 heteroatoms. The molecule has 2 bridgehead atoms. The molecule has 24 heavy (non-hydrogen) atoms. The number of aliphatic hydroxyl groups is 1. The number of piperidine rings is 3. The first kappa shape index (κ1) is 16.8. The minimum absolute atomic E-state index is 0.249. The van der Waals surface area contributed by atoms with Crippen molar-refractivity contribution in [3.63, 3.8) is 0 Å². The summed E-state index contributed by atoms with van der Waals surface area (Å²) in [6.45, 7) is 3.81. The zero-order valence-corrected chi connectivity index (χ0v) is 15.0. The van der Waals surface area contributed by atoms with Gasteiger partial charge in [0.1, 0.15) is 5.60 Å². The molecule has 5 rings (SSSR count). The van der Waals surface area contributed by atoms with E-state index in [0.717, 1.165) is 24.9 Å². The quantitative estimate of drug-likeness (QED) is 0.877. The van der Waals surface area contributed by atoms with E-state index in [0.29, 0.717) is 17.5 Å². The third kappa shape index (κ3) is 3.12. The van der Waals surface area contributed by atoms with Crippen LogP contribution in [-0.2, 0) is 10.3 Å². The molecule has 1 aromatic carbocycles. The van der Waals surface area contributed by atoms with Crippen LogP contribution in [0.15, 0.2) is 24.3 Å². The van der Waals surface area contributed by atoms with Crippen LogP contribution in [0, 0.1) is 11.8 Å². The second kappa shape index (κ2) is 6.95. The van der Waals surface area contributed by atoms with Crippen LogP contribution in [0.5, 0.6) is 0 Å². The van der Waals surface area contributed by atoms with Crippen molar-refractivity contribution >= 4 is 11.6 Å². The Labute approximate surface area is 149 Å². The Morgan fingerprint density at radius 2 is 1.83 bits per heavy atom.